The molecule has 0 fully saturated rings. The first-order valence-corrected chi connectivity index (χ1v) is 7.12. The van der Waals surface area contributed by atoms with Crippen molar-refractivity contribution in [2.24, 2.45) is 0 Å². The first kappa shape index (κ1) is 11.9. The number of nitrogens with one attached hydrogen (secondary N) is 1. The largest absolute Gasteiger partial charge is 0.309 e. The summed E-state index contributed by atoms with van der Waals surface area (Å²) in [5, 5.41) is 3.61. The molecule has 16 heavy (non-hydrogen) atoms. The van der Waals surface area contributed by atoms with Crippen molar-refractivity contribution in [1.29, 1.82) is 0 Å². The Bertz CT molecular complexity index is 332. The molecule has 1 unspecified atom stereocenters. The van der Waals surface area contributed by atoms with Gasteiger partial charge in [-0.25, -0.2) is 0 Å². The molecule has 1 aromatic heterocycles. The first-order chi connectivity index (χ1) is 7.85. The maximum absolute atomic E-state index is 3.86. The molecule has 0 saturated carbocycles. The SMILES string of the molecule is C=CCC(NCCC)c1cc2c(s1)CCC2. The third-order valence-electron chi connectivity index (χ3n) is 3.15. The van der Waals surface area contributed by atoms with Crippen molar-refractivity contribution in [3.63, 3.8) is 0 Å². The van der Waals surface area contributed by atoms with Crippen LogP contribution in [0.25, 0.3) is 0 Å². The van der Waals surface area contributed by atoms with Gasteiger partial charge in [0.1, 0.15) is 0 Å². The molecule has 1 N–H and O–H groups in total. The van der Waals surface area contributed by atoms with Crippen molar-refractivity contribution in [3.05, 3.63) is 34.0 Å². The van der Waals surface area contributed by atoms with Crippen LogP contribution >= 0.6 is 11.3 Å². The number of aryl methyl sites for hydroxylation is 2. The molecule has 0 aliphatic heterocycles. The number of hydrogen-bond acceptors (Lipinski definition) is 2. The van der Waals surface area contributed by atoms with E-state index in [1.807, 2.05) is 17.4 Å². The average Bonchev–Trinajstić information content (AvgIpc) is 2.84. The van der Waals surface area contributed by atoms with Gasteiger partial charge >= 0.3 is 0 Å². The summed E-state index contributed by atoms with van der Waals surface area (Å²) in [6.45, 7) is 7.18. The number of thiophene rings is 1. The maximum Gasteiger partial charge on any atom is 0.0449 e. The quantitative estimate of drug-likeness (QED) is 0.738. The summed E-state index contributed by atoms with van der Waals surface area (Å²) in [6.07, 6.45) is 8.21. The molecule has 1 aliphatic carbocycles. The highest BCUT2D eigenvalue weighted by molar-refractivity contribution is 7.12. The zero-order valence-electron chi connectivity index (χ0n) is 10.1. The van der Waals surface area contributed by atoms with Crippen molar-refractivity contribution >= 4 is 11.3 Å². The van der Waals surface area contributed by atoms with Gasteiger partial charge in [0.15, 0.2) is 0 Å². The summed E-state index contributed by atoms with van der Waals surface area (Å²) in [4.78, 5) is 3.14. The lowest BCUT2D eigenvalue weighted by Crippen LogP contribution is -2.20. The van der Waals surface area contributed by atoms with E-state index in [0.717, 1.165) is 13.0 Å². The van der Waals surface area contributed by atoms with Gasteiger partial charge in [0.05, 0.1) is 0 Å². The molecular formula is C14H21NS. The lowest BCUT2D eigenvalue weighted by Gasteiger charge is -2.15. The molecule has 1 aromatic rings. The van der Waals surface area contributed by atoms with Crippen LogP contribution in [0, 0.1) is 0 Å². The van der Waals surface area contributed by atoms with Crippen molar-refractivity contribution in [2.75, 3.05) is 6.54 Å². The van der Waals surface area contributed by atoms with Gasteiger partial charge in [0.25, 0.3) is 0 Å². The minimum Gasteiger partial charge on any atom is -0.309 e. The van der Waals surface area contributed by atoms with Crippen molar-refractivity contribution in [2.45, 2.75) is 45.1 Å². The Balaban J connectivity index is 2.08. The van der Waals surface area contributed by atoms with E-state index in [2.05, 4.69) is 24.9 Å². The molecule has 1 nitrogen and oxygen atoms in total. The lowest BCUT2D eigenvalue weighted by molar-refractivity contribution is 0.544. The Labute approximate surface area is 103 Å². The molecule has 1 atom stereocenters. The summed E-state index contributed by atoms with van der Waals surface area (Å²) >= 11 is 2.01. The summed E-state index contributed by atoms with van der Waals surface area (Å²) < 4.78 is 0. The molecular weight excluding hydrogens is 214 g/mol. The standard InChI is InChI=1S/C14H21NS/c1-3-6-12(15-9-4-2)14-10-11-7-5-8-13(11)16-14/h3,10,12,15H,1,4-9H2,2H3. The molecule has 1 heterocycles. The Morgan fingerprint density at radius 3 is 3.12 bits per heavy atom. The minimum atomic E-state index is 0.494. The summed E-state index contributed by atoms with van der Waals surface area (Å²) in [7, 11) is 0. The van der Waals surface area contributed by atoms with Crippen LogP contribution in [0.2, 0.25) is 0 Å². The topological polar surface area (TPSA) is 12.0 Å². The summed E-state index contributed by atoms with van der Waals surface area (Å²) in [5.41, 5.74) is 1.60. The number of hydrogen-bond donors (Lipinski definition) is 1. The second-order valence-electron chi connectivity index (χ2n) is 4.48. The molecule has 2 rings (SSSR count). The van der Waals surface area contributed by atoms with E-state index in [9.17, 15) is 0 Å². The Kier molecular flexibility index (Phi) is 4.19. The fourth-order valence-corrected chi connectivity index (χ4v) is 3.66. The van der Waals surface area contributed by atoms with E-state index in [0.29, 0.717) is 6.04 Å². The minimum absolute atomic E-state index is 0.494. The van der Waals surface area contributed by atoms with Gasteiger partial charge in [0.2, 0.25) is 0 Å². The third-order valence-corrected chi connectivity index (χ3v) is 4.50. The predicted molar refractivity (Wildman–Crippen MR) is 72.2 cm³/mol. The molecule has 2 heteroatoms. The van der Waals surface area contributed by atoms with Crippen molar-refractivity contribution < 1.29 is 0 Å². The van der Waals surface area contributed by atoms with Gasteiger partial charge in [-0.2, -0.15) is 0 Å². The van der Waals surface area contributed by atoms with E-state index in [1.165, 1.54) is 30.6 Å². The smallest absolute Gasteiger partial charge is 0.0449 e. The van der Waals surface area contributed by atoms with Gasteiger partial charge in [-0.1, -0.05) is 13.0 Å². The molecule has 88 valence electrons. The average molecular weight is 235 g/mol. The van der Waals surface area contributed by atoms with Crippen LogP contribution in [0.15, 0.2) is 18.7 Å². The molecule has 0 spiro atoms. The molecule has 0 saturated heterocycles. The van der Waals surface area contributed by atoms with E-state index >= 15 is 0 Å². The Morgan fingerprint density at radius 2 is 2.44 bits per heavy atom. The Hall–Kier alpha value is -0.600. The highest BCUT2D eigenvalue weighted by atomic mass is 32.1. The summed E-state index contributed by atoms with van der Waals surface area (Å²) in [5.74, 6) is 0. The van der Waals surface area contributed by atoms with Crippen LogP contribution in [0.4, 0.5) is 0 Å². The zero-order valence-corrected chi connectivity index (χ0v) is 10.9. The fraction of sp³-hybridized carbons (Fsp3) is 0.571. The van der Waals surface area contributed by atoms with Crippen molar-refractivity contribution in [1.82, 2.24) is 5.32 Å². The van der Waals surface area contributed by atoms with Gasteiger partial charge in [-0.3, -0.25) is 0 Å². The highest BCUT2D eigenvalue weighted by Crippen LogP contribution is 2.34. The fourth-order valence-electron chi connectivity index (χ4n) is 2.31. The molecule has 0 bridgehead atoms. The van der Waals surface area contributed by atoms with E-state index in [4.69, 9.17) is 0 Å². The zero-order chi connectivity index (χ0) is 11.4. The van der Waals surface area contributed by atoms with E-state index in [1.54, 1.807) is 10.4 Å². The molecule has 0 radical (unpaired) electrons. The van der Waals surface area contributed by atoms with Crippen LogP contribution in [-0.4, -0.2) is 6.54 Å². The normalized spacial score (nSPS) is 16.1. The van der Waals surface area contributed by atoms with Crippen LogP contribution in [0.3, 0.4) is 0 Å². The Morgan fingerprint density at radius 1 is 1.56 bits per heavy atom. The van der Waals surface area contributed by atoms with Gasteiger partial charge in [-0.15, -0.1) is 17.9 Å². The third kappa shape index (κ3) is 2.55. The maximum atomic E-state index is 3.86. The highest BCUT2D eigenvalue weighted by Gasteiger charge is 2.18. The van der Waals surface area contributed by atoms with Crippen LogP contribution in [-0.2, 0) is 12.8 Å². The molecule has 0 aromatic carbocycles. The molecule has 1 aliphatic rings. The van der Waals surface area contributed by atoms with E-state index < -0.39 is 0 Å². The van der Waals surface area contributed by atoms with Gasteiger partial charge in [-0.05, 0) is 50.3 Å². The van der Waals surface area contributed by atoms with Crippen LogP contribution < -0.4 is 5.32 Å². The number of rotatable bonds is 6. The number of fused-ring (bicyclic) bond motifs is 1. The second kappa shape index (κ2) is 5.65. The monoisotopic (exact) mass is 235 g/mol. The van der Waals surface area contributed by atoms with Crippen molar-refractivity contribution in [3.8, 4) is 0 Å². The summed E-state index contributed by atoms with van der Waals surface area (Å²) in [6, 6.07) is 2.91. The second-order valence-corrected chi connectivity index (χ2v) is 5.65. The predicted octanol–water partition coefficient (Wildman–Crippen LogP) is 3.85. The lowest BCUT2D eigenvalue weighted by atomic mass is 10.1. The van der Waals surface area contributed by atoms with Crippen LogP contribution in [0.5, 0.6) is 0 Å². The molecule has 0 amide bonds. The van der Waals surface area contributed by atoms with Crippen LogP contribution in [0.1, 0.15) is 47.5 Å². The van der Waals surface area contributed by atoms with Gasteiger partial charge in [0, 0.05) is 15.8 Å². The van der Waals surface area contributed by atoms with Gasteiger partial charge < -0.3 is 5.32 Å². The van der Waals surface area contributed by atoms with E-state index in [-0.39, 0.29) is 0 Å². The first-order valence-electron chi connectivity index (χ1n) is 6.31.